The van der Waals surface area contributed by atoms with Gasteiger partial charge in [-0.2, -0.15) is 0 Å². The third kappa shape index (κ3) is 5.68. The molecule has 0 amide bonds. The minimum atomic E-state index is -2.81. The van der Waals surface area contributed by atoms with Gasteiger partial charge < -0.3 is 17.7 Å². The van der Waals surface area contributed by atoms with Crippen molar-refractivity contribution in [2.45, 2.75) is 102 Å². The molecule has 3 unspecified atom stereocenters. The van der Waals surface area contributed by atoms with Crippen LogP contribution in [0.1, 0.15) is 79.6 Å². The summed E-state index contributed by atoms with van der Waals surface area (Å²) in [6.45, 7) is 11.1. The van der Waals surface area contributed by atoms with E-state index in [2.05, 4.69) is 27.7 Å². The van der Waals surface area contributed by atoms with Gasteiger partial charge in [0.1, 0.15) is 0 Å². The van der Waals surface area contributed by atoms with Gasteiger partial charge in [-0.3, -0.25) is 4.79 Å². The maximum Gasteiger partial charge on any atom is 0.501 e. The van der Waals surface area contributed by atoms with Crippen LogP contribution in [0.15, 0.2) is 0 Å². The second-order valence-electron chi connectivity index (χ2n) is 8.63. The molecule has 0 aromatic carbocycles. The fraction of sp³-hybridized carbons (Fsp3) is 0.952. The van der Waals surface area contributed by atoms with Gasteiger partial charge >= 0.3 is 8.80 Å². The molecule has 3 atom stereocenters. The zero-order valence-corrected chi connectivity index (χ0v) is 21.5. The van der Waals surface area contributed by atoms with Crippen molar-refractivity contribution < 1.29 is 22.5 Å². The molecule has 0 aromatic rings. The Hall–Kier alpha value is -0.216. The molecule has 0 heterocycles. The third-order valence-corrected chi connectivity index (χ3v) is 16.5. The van der Waals surface area contributed by atoms with Gasteiger partial charge in [0, 0.05) is 27.4 Å². The summed E-state index contributed by atoms with van der Waals surface area (Å²) < 4.78 is 23.3. The van der Waals surface area contributed by atoms with Crippen molar-refractivity contribution in [2.75, 3.05) is 21.3 Å². The molecule has 166 valence electrons. The van der Waals surface area contributed by atoms with Crippen molar-refractivity contribution in [3.8, 4) is 0 Å². The third-order valence-electron chi connectivity index (χ3n) is 7.18. The average molecular weight is 433 g/mol. The van der Waals surface area contributed by atoms with Crippen molar-refractivity contribution >= 4 is 23.1 Å². The van der Waals surface area contributed by atoms with Crippen LogP contribution in [0.4, 0.5) is 0 Å². The van der Waals surface area contributed by atoms with Crippen molar-refractivity contribution in [3.05, 3.63) is 0 Å². The van der Waals surface area contributed by atoms with E-state index in [9.17, 15) is 4.79 Å². The number of rotatable bonds is 12. The highest BCUT2D eigenvalue weighted by Crippen LogP contribution is 2.51. The quantitative estimate of drug-likeness (QED) is 0.358. The van der Waals surface area contributed by atoms with Gasteiger partial charge in [-0.25, -0.2) is 0 Å². The van der Waals surface area contributed by atoms with Crippen LogP contribution in [0.5, 0.6) is 0 Å². The van der Waals surface area contributed by atoms with E-state index in [1.807, 2.05) is 6.92 Å². The topological polar surface area (TPSA) is 54.0 Å². The molecule has 0 aromatic heterocycles. The highest BCUT2D eigenvalue weighted by atomic mass is 28.4. The minimum Gasteiger partial charge on any atom is -0.518 e. The van der Waals surface area contributed by atoms with Gasteiger partial charge in [0.15, 0.2) is 0 Å². The molecular formula is C21H44O5Si2. The van der Waals surface area contributed by atoms with Crippen molar-refractivity contribution in [1.82, 2.24) is 0 Å². The van der Waals surface area contributed by atoms with Gasteiger partial charge in [0.25, 0.3) is 14.3 Å². The van der Waals surface area contributed by atoms with E-state index in [1.54, 1.807) is 21.3 Å². The first kappa shape index (κ1) is 25.8. The van der Waals surface area contributed by atoms with Crippen LogP contribution >= 0.6 is 0 Å². The first-order chi connectivity index (χ1) is 13.3. The highest BCUT2D eigenvalue weighted by molar-refractivity contribution is 6.79. The Kier molecular flexibility index (Phi) is 10.9. The van der Waals surface area contributed by atoms with E-state index in [4.69, 9.17) is 17.7 Å². The highest BCUT2D eigenvalue weighted by Gasteiger charge is 2.54. The van der Waals surface area contributed by atoms with Crippen LogP contribution in [0.3, 0.4) is 0 Å². The number of hydrogen-bond donors (Lipinski definition) is 0. The molecule has 28 heavy (non-hydrogen) atoms. The van der Waals surface area contributed by atoms with E-state index in [0.717, 1.165) is 12.8 Å². The maximum atomic E-state index is 13.3. The Morgan fingerprint density at radius 2 is 1.36 bits per heavy atom. The SMILES string of the molecule is CCC(C)[Si](OC(=O)C(C)C[Si](OC)(OC)OC)(C(C)CC)C1CCCCC1. The molecule has 1 saturated carbocycles. The summed E-state index contributed by atoms with van der Waals surface area (Å²) in [7, 11) is -0.323. The first-order valence-electron chi connectivity index (χ1n) is 11.1. The summed E-state index contributed by atoms with van der Waals surface area (Å²) in [4.78, 5) is 13.3. The average Bonchev–Trinajstić information content (AvgIpc) is 2.75. The van der Waals surface area contributed by atoms with E-state index in [0.29, 0.717) is 22.7 Å². The van der Waals surface area contributed by atoms with Crippen molar-refractivity contribution in [2.24, 2.45) is 5.92 Å². The molecular weight excluding hydrogens is 388 g/mol. The number of hydrogen-bond acceptors (Lipinski definition) is 5. The summed E-state index contributed by atoms with van der Waals surface area (Å²) in [5, 5.41) is 0. The predicted molar refractivity (Wildman–Crippen MR) is 119 cm³/mol. The van der Waals surface area contributed by atoms with Crippen molar-refractivity contribution in [3.63, 3.8) is 0 Å². The summed E-state index contributed by atoms with van der Waals surface area (Å²) in [6, 6.07) is 0.450. The molecule has 0 radical (unpaired) electrons. The Morgan fingerprint density at radius 1 is 0.893 bits per heavy atom. The van der Waals surface area contributed by atoms with Crippen LogP contribution in [0.2, 0.25) is 22.7 Å². The maximum absolute atomic E-state index is 13.3. The molecule has 1 aliphatic carbocycles. The minimum absolute atomic E-state index is 0.0825. The van der Waals surface area contributed by atoms with Crippen molar-refractivity contribution in [1.29, 1.82) is 0 Å². The van der Waals surface area contributed by atoms with Crippen LogP contribution in [0, 0.1) is 5.92 Å². The molecule has 7 heteroatoms. The van der Waals surface area contributed by atoms with E-state index >= 15 is 0 Å². The Labute approximate surface area is 175 Å². The van der Waals surface area contributed by atoms with E-state index in [-0.39, 0.29) is 11.9 Å². The van der Waals surface area contributed by atoms with Crippen LogP contribution < -0.4 is 0 Å². The summed E-state index contributed by atoms with van der Waals surface area (Å²) in [6.07, 6.45) is 8.43. The van der Waals surface area contributed by atoms with Gasteiger partial charge in [-0.15, -0.1) is 0 Å². The van der Waals surface area contributed by atoms with Gasteiger partial charge in [0.2, 0.25) is 0 Å². The first-order valence-corrected chi connectivity index (χ1v) is 15.2. The summed E-state index contributed by atoms with van der Waals surface area (Å²) >= 11 is 0. The lowest BCUT2D eigenvalue weighted by Gasteiger charge is -2.47. The number of carbonyl (C=O) groups excluding carboxylic acids is 1. The Balaban J connectivity index is 3.14. The molecule has 1 aliphatic rings. The number of carbonyl (C=O) groups is 1. The second-order valence-corrected chi connectivity index (χ2v) is 16.3. The normalized spacial score (nSPS) is 21.6. The van der Waals surface area contributed by atoms with Crippen LogP contribution in [-0.4, -0.2) is 44.4 Å². The molecule has 1 rings (SSSR count). The molecule has 1 fully saturated rings. The van der Waals surface area contributed by atoms with Gasteiger partial charge in [-0.1, -0.05) is 66.7 Å². The molecule has 0 aliphatic heterocycles. The fourth-order valence-corrected chi connectivity index (χ4v) is 13.2. The predicted octanol–water partition coefficient (Wildman–Crippen LogP) is 5.92. The molecule has 0 spiro atoms. The smallest absolute Gasteiger partial charge is 0.501 e. The standard InChI is InChI=1S/C21H44O5Si2/c1-9-18(4)28(19(5)10-2,20-14-12-11-13-15-20)26-21(22)17(3)16-27(23-6,24-7)25-8/h17-20H,9-16H2,1-8H3. The largest absolute Gasteiger partial charge is 0.518 e. The lowest BCUT2D eigenvalue weighted by Crippen LogP contribution is -2.54. The molecule has 5 nitrogen and oxygen atoms in total. The zero-order valence-electron chi connectivity index (χ0n) is 19.5. The monoisotopic (exact) mass is 432 g/mol. The fourth-order valence-electron chi connectivity index (χ4n) is 5.00. The molecule has 0 bridgehead atoms. The molecule has 0 N–H and O–H groups in total. The van der Waals surface area contributed by atoms with Crippen LogP contribution in [0.25, 0.3) is 0 Å². The lowest BCUT2D eigenvalue weighted by molar-refractivity contribution is -0.139. The Bertz CT molecular complexity index is 445. The zero-order chi connectivity index (χ0) is 21.4. The summed E-state index contributed by atoms with van der Waals surface area (Å²) in [5.74, 6) is -0.379. The van der Waals surface area contributed by atoms with Crippen LogP contribution in [-0.2, 0) is 22.5 Å². The van der Waals surface area contributed by atoms with E-state index in [1.165, 1.54) is 32.1 Å². The van der Waals surface area contributed by atoms with E-state index < -0.39 is 17.1 Å². The second kappa shape index (κ2) is 11.8. The lowest BCUT2D eigenvalue weighted by atomic mass is 10.0. The van der Waals surface area contributed by atoms with Gasteiger partial charge in [-0.05, 0) is 29.5 Å². The molecule has 0 saturated heterocycles. The van der Waals surface area contributed by atoms with Gasteiger partial charge in [0.05, 0.1) is 5.92 Å². The Morgan fingerprint density at radius 3 is 1.75 bits per heavy atom. The summed E-state index contributed by atoms with van der Waals surface area (Å²) in [5.41, 5.74) is 1.52.